The molecular weight excluding hydrogens is 166 g/mol. The van der Waals surface area contributed by atoms with E-state index in [1.807, 2.05) is 6.07 Å². The van der Waals surface area contributed by atoms with E-state index >= 15 is 0 Å². The van der Waals surface area contributed by atoms with Crippen LogP contribution in [-0.2, 0) is 0 Å². The highest BCUT2D eigenvalue weighted by atomic mass is 16.3. The van der Waals surface area contributed by atoms with Crippen molar-refractivity contribution in [2.45, 2.75) is 0 Å². The molecule has 0 aliphatic heterocycles. The predicted molar refractivity (Wildman–Crippen MR) is 46.9 cm³/mol. The quantitative estimate of drug-likeness (QED) is 0.704. The van der Waals surface area contributed by atoms with Gasteiger partial charge in [-0.05, 0) is 12.1 Å². The van der Waals surface area contributed by atoms with Crippen LogP contribution in [0.25, 0.3) is 11.4 Å². The number of hydrogen-bond acceptors (Lipinski definition) is 4. The lowest BCUT2D eigenvalue weighted by Gasteiger charge is -2.00. The Balaban J connectivity index is 2.54. The fourth-order valence-electron chi connectivity index (χ4n) is 1.04. The van der Waals surface area contributed by atoms with E-state index in [9.17, 15) is 5.11 Å². The molecule has 1 N–H and O–H groups in total. The molecule has 0 saturated carbocycles. The lowest BCUT2D eigenvalue weighted by molar-refractivity contribution is 0.477. The van der Waals surface area contributed by atoms with Crippen LogP contribution in [0.5, 0.6) is 5.75 Å². The SMILES string of the molecule is Oc1ccccc1-c1ncncn1. The van der Waals surface area contributed by atoms with Gasteiger partial charge in [0.2, 0.25) is 0 Å². The van der Waals surface area contributed by atoms with Crippen LogP contribution in [0.15, 0.2) is 36.9 Å². The number of aromatic hydroxyl groups is 1. The Kier molecular flexibility index (Phi) is 1.88. The molecule has 13 heavy (non-hydrogen) atoms. The van der Waals surface area contributed by atoms with Gasteiger partial charge < -0.3 is 5.11 Å². The highest BCUT2D eigenvalue weighted by Crippen LogP contribution is 2.24. The summed E-state index contributed by atoms with van der Waals surface area (Å²) >= 11 is 0. The Bertz CT molecular complexity index is 403. The molecule has 1 aromatic heterocycles. The Morgan fingerprint density at radius 3 is 2.38 bits per heavy atom. The van der Waals surface area contributed by atoms with Gasteiger partial charge in [0.1, 0.15) is 18.4 Å². The average molecular weight is 173 g/mol. The molecule has 0 amide bonds. The van der Waals surface area contributed by atoms with Crippen molar-refractivity contribution in [3.63, 3.8) is 0 Å². The molecule has 0 atom stereocenters. The van der Waals surface area contributed by atoms with E-state index in [2.05, 4.69) is 15.0 Å². The molecule has 0 aliphatic carbocycles. The summed E-state index contributed by atoms with van der Waals surface area (Å²) in [5.74, 6) is 0.654. The number of rotatable bonds is 1. The average Bonchev–Trinajstić information content (AvgIpc) is 2.20. The van der Waals surface area contributed by atoms with Crippen LogP contribution in [0.1, 0.15) is 0 Å². The summed E-state index contributed by atoms with van der Waals surface area (Å²) in [6.45, 7) is 0. The molecule has 4 nitrogen and oxygen atoms in total. The molecule has 2 rings (SSSR count). The van der Waals surface area contributed by atoms with E-state index < -0.39 is 0 Å². The fourth-order valence-corrected chi connectivity index (χ4v) is 1.04. The van der Waals surface area contributed by atoms with E-state index in [0.717, 1.165) is 0 Å². The topological polar surface area (TPSA) is 58.9 Å². The van der Waals surface area contributed by atoms with Crippen LogP contribution >= 0.6 is 0 Å². The molecule has 0 spiro atoms. The Morgan fingerprint density at radius 1 is 1.00 bits per heavy atom. The highest BCUT2D eigenvalue weighted by Gasteiger charge is 2.03. The number of benzene rings is 1. The smallest absolute Gasteiger partial charge is 0.166 e. The molecule has 0 aliphatic rings. The van der Waals surface area contributed by atoms with Gasteiger partial charge in [0.25, 0.3) is 0 Å². The first-order chi connectivity index (χ1) is 6.38. The first-order valence-corrected chi connectivity index (χ1v) is 3.78. The molecule has 0 fully saturated rings. The Labute approximate surface area is 74.9 Å². The van der Waals surface area contributed by atoms with E-state index in [1.54, 1.807) is 18.2 Å². The molecule has 0 radical (unpaired) electrons. The third-order valence-electron chi connectivity index (χ3n) is 1.64. The molecule has 64 valence electrons. The van der Waals surface area contributed by atoms with Gasteiger partial charge in [-0.2, -0.15) is 0 Å². The molecule has 4 heteroatoms. The van der Waals surface area contributed by atoms with Gasteiger partial charge in [0, 0.05) is 0 Å². The lowest BCUT2D eigenvalue weighted by atomic mass is 10.2. The molecule has 0 saturated heterocycles. The second-order valence-electron chi connectivity index (χ2n) is 2.48. The summed E-state index contributed by atoms with van der Waals surface area (Å²) in [5.41, 5.74) is 0.616. The van der Waals surface area contributed by atoms with Crippen molar-refractivity contribution in [3.8, 4) is 17.1 Å². The second-order valence-corrected chi connectivity index (χ2v) is 2.48. The van der Waals surface area contributed by atoms with Gasteiger partial charge in [0.15, 0.2) is 5.82 Å². The van der Waals surface area contributed by atoms with Crippen molar-refractivity contribution >= 4 is 0 Å². The summed E-state index contributed by atoms with van der Waals surface area (Å²) < 4.78 is 0. The monoisotopic (exact) mass is 173 g/mol. The van der Waals surface area contributed by atoms with Crippen LogP contribution < -0.4 is 0 Å². The normalized spacial score (nSPS) is 9.85. The number of phenols is 1. The number of nitrogens with zero attached hydrogens (tertiary/aromatic N) is 3. The van der Waals surface area contributed by atoms with E-state index in [0.29, 0.717) is 11.4 Å². The summed E-state index contributed by atoms with van der Waals surface area (Å²) in [6.07, 6.45) is 2.80. The first-order valence-electron chi connectivity index (χ1n) is 3.78. The van der Waals surface area contributed by atoms with Crippen LogP contribution in [-0.4, -0.2) is 20.1 Å². The molecular formula is C9H7N3O. The van der Waals surface area contributed by atoms with Gasteiger partial charge in [-0.1, -0.05) is 12.1 Å². The Morgan fingerprint density at radius 2 is 1.69 bits per heavy atom. The lowest BCUT2D eigenvalue weighted by Crippen LogP contribution is -1.88. The maximum atomic E-state index is 9.46. The minimum atomic E-state index is 0.175. The second kappa shape index (κ2) is 3.18. The van der Waals surface area contributed by atoms with Crippen LogP contribution in [0.2, 0.25) is 0 Å². The molecule has 1 aromatic carbocycles. The van der Waals surface area contributed by atoms with Crippen molar-refractivity contribution in [2.75, 3.05) is 0 Å². The number of aromatic nitrogens is 3. The number of para-hydroxylation sites is 1. The van der Waals surface area contributed by atoms with Gasteiger partial charge in [0.05, 0.1) is 5.56 Å². The van der Waals surface area contributed by atoms with Crippen molar-refractivity contribution in [2.24, 2.45) is 0 Å². The maximum absolute atomic E-state index is 9.46. The zero-order valence-corrected chi connectivity index (χ0v) is 6.75. The summed E-state index contributed by atoms with van der Waals surface area (Å²) in [6, 6.07) is 6.92. The van der Waals surface area contributed by atoms with Crippen LogP contribution in [0, 0.1) is 0 Å². The molecule has 2 aromatic rings. The van der Waals surface area contributed by atoms with Gasteiger partial charge in [-0.15, -0.1) is 0 Å². The zero-order valence-electron chi connectivity index (χ0n) is 6.75. The van der Waals surface area contributed by atoms with Crippen molar-refractivity contribution in [1.82, 2.24) is 15.0 Å². The van der Waals surface area contributed by atoms with Crippen LogP contribution in [0.3, 0.4) is 0 Å². The van der Waals surface area contributed by atoms with Crippen LogP contribution in [0.4, 0.5) is 0 Å². The summed E-state index contributed by atoms with van der Waals surface area (Å²) in [4.78, 5) is 11.6. The minimum absolute atomic E-state index is 0.175. The Hall–Kier alpha value is -1.97. The van der Waals surface area contributed by atoms with E-state index in [-0.39, 0.29) is 5.75 Å². The molecule has 1 heterocycles. The molecule has 0 unspecified atom stereocenters. The zero-order chi connectivity index (χ0) is 9.10. The van der Waals surface area contributed by atoms with Gasteiger partial charge in [-0.25, -0.2) is 15.0 Å². The van der Waals surface area contributed by atoms with Crippen molar-refractivity contribution < 1.29 is 5.11 Å². The largest absolute Gasteiger partial charge is 0.507 e. The first kappa shape index (κ1) is 7.67. The van der Waals surface area contributed by atoms with E-state index in [1.165, 1.54) is 12.7 Å². The van der Waals surface area contributed by atoms with Crippen molar-refractivity contribution in [1.29, 1.82) is 0 Å². The maximum Gasteiger partial charge on any atom is 0.166 e. The van der Waals surface area contributed by atoms with Gasteiger partial charge in [-0.3, -0.25) is 0 Å². The standard InChI is InChI=1S/C9H7N3O/c13-8-4-2-1-3-7(8)9-11-5-10-6-12-9/h1-6,13H. The minimum Gasteiger partial charge on any atom is -0.507 e. The third-order valence-corrected chi connectivity index (χ3v) is 1.64. The highest BCUT2D eigenvalue weighted by molar-refractivity contribution is 5.62. The van der Waals surface area contributed by atoms with Gasteiger partial charge >= 0.3 is 0 Å². The summed E-state index contributed by atoms with van der Waals surface area (Å²) in [7, 11) is 0. The fraction of sp³-hybridized carbons (Fsp3) is 0. The third kappa shape index (κ3) is 1.46. The van der Waals surface area contributed by atoms with Crippen molar-refractivity contribution in [3.05, 3.63) is 36.9 Å². The predicted octanol–water partition coefficient (Wildman–Crippen LogP) is 1.24. The number of hydrogen-bond donors (Lipinski definition) is 1. The number of phenolic OH excluding ortho intramolecular Hbond substituents is 1. The summed E-state index contributed by atoms with van der Waals surface area (Å²) in [5, 5.41) is 9.46. The molecule has 0 bridgehead atoms. The van der Waals surface area contributed by atoms with E-state index in [4.69, 9.17) is 0 Å².